The molecule has 6 N–H and O–H groups in total. The molecule has 0 saturated carbocycles. The fourth-order valence-electron chi connectivity index (χ4n) is 1.36. The molecule has 9 heteroatoms. The SMILES string of the molecule is NC(=O)c1cc(NC(=O)c2nc(N)n[nH]2)ccc1F. The maximum absolute atomic E-state index is 13.2. The fraction of sp³-hybridized carbons (Fsp3) is 0. The molecule has 0 unspecified atom stereocenters. The maximum Gasteiger partial charge on any atom is 0.293 e. The molecular weight excluding hydrogens is 255 g/mol. The molecule has 2 rings (SSSR count). The molecule has 1 aromatic carbocycles. The number of hydrogen-bond acceptors (Lipinski definition) is 5. The van der Waals surface area contributed by atoms with E-state index in [0.29, 0.717) is 0 Å². The molecule has 0 aliphatic heterocycles. The van der Waals surface area contributed by atoms with Crippen molar-refractivity contribution >= 4 is 23.5 Å². The topological polar surface area (TPSA) is 140 Å². The van der Waals surface area contributed by atoms with Gasteiger partial charge in [0.1, 0.15) is 5.82 Å². The van der Waals surface area contributed by atoms with Gasteiger partial charge in [0.05, 0.1) is 5.56 Å². The van der Waals surface area contributed by atoms with Gasteiger partial charge in [-0.3, -0.25) is 14.7 Å². The van der Waals surface area contributed by atoms with E-state index in [4.69, 9.17) is 11.5 Å². The Morgan fingerprint density at radius 3 is 2.68 bits per heavy atom. The minimum absolute atomic E-state index is 0.0814. The van der Waals surface area contributed by atoms with Crippen LogP contribution in [0.4, 0.5) is 16.0 Å². The molecule has 0 radical (unpaired) electrons. The summed E-state index contributed by atoms with van der Waals surface area (Å²) >= 11 is 0. The van der Waals surface area contributed by atoms with Crippen molar-refractivity contribution in [1.82, 2.24) is 15.2 Å². The predicted molar refractivity (Wildman–Crippen MR) is 63.7 cm³/mol. The lowest BCUT2D eigenvalue weighted by molar-refractivity contribution is 0.0991. The van der Waals surface area contributed by atoms with Gasteiger partial charge in [-0.2, -0.15) is 4.98 Å². The number of rotatable bonds is 3. The van der Waals surface area contributed by atoms with Gasteiger partial charge < -0.3 is 16.8 Å². The Labute approximate surface area is 106 Å². The second kappa shape index (κ2) is 4.72. The summed E-state index contributed by atoms with van der Waals surface area (Å²) in [5, 5.41) is 8.19. The normalized spacial score (nSPS) is 10.2. The Balaban J connectivity index is 2.22. The summed E-state index contributed by atoms with van der Waals surface area (Å²) in [7, 11) is 0. The standard InChI is InChI=1S/C10H9FN6O2/c11-6-2-1-4(3-5(6)7(12)18)14-9(19)8-15-10(13)17-16-8/h1-3H,(H2,12,18)(H,14,19)(H3,13,15,16,17). The van der Waals surface area contributed by atoms with E-state index < -0.39 is 17.6 Å². The molecule has 1 heterocycles. The molecule has 19 heavy (non-hydrogen) atoms. The number of aromatic amines is 1. The van der Waals surface area contributed by atoms with Crippen molar-refractivity contribution in [2.24, 2.45) is 5.73 Å². The molecule has 0 saturated heterocycles. The molecule has 8 nitrogen and oxygen atoms in total. The molecule has 0 aliphatic carbocycles. The second-order valence-electron chi connectivity index (χ2n) is 3.56. The number of amides is 2. The highest BCUT2D eigenvalue weighted by molar-refractivity contribution is 6.02. The fourth-order valence-corrected chi connectivity index (χ4v) is 1.36. The van der Waals surface area contributed by atoms with Gasteiger partial charge in [0.25, 0.3) is 11.8 Å². The first-order valence-electron chi connectivity index (χ1n) is 5.06. The molecule has 0 atom stereocenters. The van der Waals surface area contributed by atoms with E-state index in [1.165, 1.54) is 6.07 Å². The first kappa shape index (κ1) is 12.5. The van der Waals surface area contributed by atoms with E-state index in [0.717, 1.165) is 12.1 Å². The first-order chi connectivity index (χ1) is 8.97. The zero-order chi connectivity index (χ0) is 14.0. The van der Waals surface area contributed by atoms with Crippen LogP contribution in [0, 0.1) is 5.82 Å². The number of primary amides is 1. The molecule has 98 valence electrons. The van der Waals surface area contributed by atoms with Gasteiger partial charge in [0.15, 0.2) is 0 Å². The Bertz CT molecular complexity index is 653. The van der Waals surface area contributed by atoms with E-state index >= 15 is 0 Å². The second-order valence-corrected chi connectivity index (χ2v) is 3.56. The van der Waals surface area contributed by atoms with Crippen LogP contribution < -0.4 is 16.8 Å². The third kappa shape index (κ3) is 2.65. The zero-order valence-electron chi connectivity index (χ0n) is 9.48. The molecule has 2 amide bonds. The summed E-state index contributed by atoms with van der Waals surface area (Å²) in [6.45, 7) is 0. The first-order valence-corrected chi connectivity index (χ1v) is 5.06. The number of nitrogens with one attached hydrogen (secondary N) is 2. The number of benzene rings is 1. The van der Waals surface area contributed by atoms with Crippen molar-refractivity contribution in [2.75, 3.05) is 11.1 Å². The van der Waals surface area contributed by atoms with E-state index in [1.807, 2.05) is 0 Å². The number of aromatic nitrogens is 3. The lowest BCUT2D eigenvalue weighted by Crippen LogP contribution is -2.16. The summed E-state index contributed by atoms with van der Waals surface area (Å²) in [6, 6.07) is 3.42. The number of nitrogens with zero attached hydrogens (tertiary/aromatic N) is 2. The summed E-state index contributed by atoms with van der Waals surface area (Å²) < 4.78 is 13.2. The van der Waals surface area contributed by atoms with E-state index in [-0.39, 0.29) is 23.0 Å². The number of carbonyl (C=O) groups is 2. The summed E-state index contributed by atoms with van der Waals surface area (Å²) in [5.41, 5.74) is 10.1. The lowest BCUT2D eigenvalue weighted by Gasteiger charge is -2.05. The van der Waals surface area contributed by atoms with Crippen LogP contribution in [-0.4, -0.2) is 27.0 Å². The van der Waals surface area contributed by atoms with Crippen LogP contribution in [-0.2, 0) is 0 Å². The largest absolute Gasteiger partial charge is 0.366 e. The van der Waals surface area contributed by atoms with Gasteiger partial charge >= 0.3 is 0 Å². The monoisotopic (exact) mass is 264 g/mol. The van der Waals surface area contributed by atoms with Gasteiger partial charge in [0, 0.05) is 5.69 Å². The predicted octanol–water partition coefficient (Wildman–Crippen LogP) is -0.123. The Morgan fingerprint density at radius 2 is 2.11 bits per heavy atom. The molecule has 0 aliphatic rings. The van der Waals surface area contributed by atoms with Crippen LogP contribution in [0.2, 0.25) is 0 Å². The maximum atomic E-state index is 13.2. The molecule has 1 aromatic heterocycles. The van der Waals surface area contributed by atoms with Gasteiger partial charge in [-0.05, 0) is 18.2 Å². The number of hydrogen-bond donors (Lipinski definition) is 4. The van der Waals surface area contributed by atoms with Crippen LogP contribution in [0.25, 0.3) is 0 Å². The van der Waals surface area contributed by atoms with Crippen LogP contribution in [0.5, 0.6) is 0 Å². The summed E-state index contributed by atoms with van der Waals surface area (Å²) in [4.78, 5) is 26.3. The van der Waals surface area contributed by atoms with Gasteiger partial charge in [-0.15, -0.1) is 5.10 Å². The molecule has 0 spiro atoms. The van der Waals surface area contributed by atoms with Crippen LogP contribution >= 0.6 is 0 Å². The van der Waals surface area contributed by atoms with Crippen molar-refractivity contribution in [2.45, 2.75) is 0 Å². The Hall–Kier alpha value is -2.97. The van der Waals surface area contributed by atoms with Crippen LogP contribution in [0.3, 0.4) is 0 Å². The lowest BCUT2D eigenvalue weighted by atomic mass is 10.2. The van der Waals surface area contributed by atoms with E-state index in [2.05, 4.69) is 20.5 Å². The zero-order valence-corrected chi connectivity index (χ0v) is 9.48. The highest BCUT2D eigenvalue weighted by Gasteiger charge is 2.13. The molecule has 0 fully saturated rings. The smallest absolute Gasteiger partial charge is 0.293 e. The minimum Gasteiger partial charge on any atom is -0.366 e. The Morgan fingerprint density at radius 1 is 1.37 bits per heavy atom. The van der Waals surface area contributed by atoms with Crippen molar-refractivity contribution in [3.8, 4) is 0 Å². The molecule has 2 aromatic rings. The Kier molecular flexibility index (Phi) is 3.10. The number of halogens is 1. The van der Waals surface area contributed by atoms with E-state index in [9.17, 15) is 14.0 Å². The number of carbonyl (C=O) groups excluding carboxylic acids is 2. The highest BCUT2D eigenvalue weighted by atomic mass is 19.1. The average Bonchev–Trinajstić information content (AvgIpc) is 2.78. The highest BCUT2D eigenvalue weighted by Crippen LogP contribution is 2.15. The molecular formula is C10H9FN6O2. The summed E-state index contributed by atoms with van der Waals surface area (Å²) in [6.07, 6.45) is 0. The van der Waals surface area contributed by atoms with Crippen molar-refractivity contribution in [3.63, 3.8) is 0 Å². The third-order valence-corrected chi connectivity index (χ3v) is 2.21. The molecule has 0 bridgehead atoms. The van der Waals surface area contributed by atoms with Crippen LogP contribution in [0.15, 0.2) is 18.2 Å². The average molecular weight is 264 g/mol. The van der Waals surface area contributed by atoms with Gasteiger partial charge in [0.2, 0.25) is 11.8 Å². The van der Waals surface area contributed by atoms with E-state index in [1.54, 1.807) is 0 Å². The number of H-pyrrole nitrogens is 1. The minimum atomic E-state index is -0.933. The van der Waals surface area contributed by atoms with Gasteiger partial charge in [-0.1, -0.05) is 0 Å². The quantitative estimate of drug-likeness (QED) is 0.611. The number of anilines is 2. The van der Waals surface area contributed by atoms with Crippen molar-refractivity contribution < 1.29 is 14.0 Å². The summed E-state index contributed by atoms with van der Waals surface area (Å²) in [5.74, 6) is -2.53. The van der Waals surface area contributed by atoms with Crippen molar-refractivity contribution in [1.29, 1.82) is 0 Å². The number of nitrogens with two attached hydrogens (primary N) is 2. The number of nitrogen functional groups attached to an aromatic ring is 1. The van der Waals surface area contributed by atoms with Gasteiger partial charge in [-0.25, -0.2) is 4.39 Å². The van der Waals surface area contributed by atoms with Crippen LogP contribution in [0.1, 0.15) is 21.0 Å². The third-order valence-electron chi connectivity index (χ3n) is 2.21. The van der Waals surface area contributed by atoms with Crippen molar-refractivity contribution in [3.05, 3.63) is 35.4 Å².